The van der Waals surface area contributed by atoms with Gasteiger partial charge in [0.2, 0.25) is 0 Å². The SMILES string of the molecule is C=C1C(=O)O[C@@H]2/C=C(/CO[C@@H]3O[C@H](CO)[C@@H](O)[C@H](O)[C@H]3O)CC/C=C(/C)CC[C@@H]12. The van der Waals surface area contributed by atoms with Crippen LogP contribution in [0.15, 0.2) is 35.5 Å². The molecule has 2 fully saturated rings. The smallest absolute Gasteiger partial charge is 0.334 e. The Bertz CT molecular complexity index is 682. The molecule has 29 heavy (non-hydrogen) atoms. The molecule has 8 heteroatoms. The van der Waals surface area contributed by atoms with Gasteiger partial charge in [0.25, 0.3) is 0 Å². The fourth-order valence-electron chi connectivity index (χ4n) is 3.94. The third-order valence-corrected chi connectivity index (χ3v) is 5.84. The van der Waals surface area contributed by atoms with Gasteiger partial charge in [-0.05, 0) is 44.3 Å². The second-order valence-electron chi connectivity index (χ2n) is 7.96. The number of hydrogen-bond donors (Lipinski definition) is 4. The predicted molar refractivity (Wildman–Crippen MR) is 103 cm³/mol. The summed E-state index contributed by atoms with van der Waals surface area (Å²) in [5.74, 6) is -0.474. The number of ether oxygens (including phenoxy) is 3. The van der Waals surface area contributed by atoms with Crippen LogP contribution in [-0.2, 0) is 19.0 Å². The van der Waals surface area contributed by atoms with E-state index in [1.807, 2.05) is 6.08 Å². The standard InChI is InChI=1S/C21H30O8/c1-11-4-3-5-13(8-15-14(7-6-11)12(2)20(26)28-15)10-27-21-19(25)18(24)17(23)16(9-22)29-21/h4,8,14-19,21-25H,2-3,5-7,9-10H2,1H3/b11-4-,13-8+/t14-,15+,16+,17+,18-,19+,21+/m0/s1. The van der Waals surface area contributed by atoms with Gasteiger partial charge in [0.15, 0.2) is 6.29 Å². The highest BCUT2D eigenvalue weighted by molar-refractivity contribution is 5.91. The molecule has 3 aliphatic rings. The molecule has 7 atom stereocenters. The van der Waals surface area contributed by atoms with Crippen LogP contribution in [0, 0.1) is 5.92 Å². The van der Waals surface area contributed by atoms with E-state index in [-0.39, 0.29) is 18.5 Å². The van der Waals surface area contributed by atoms with Crippen molar-refractivity contribution in [3.63, 3.8) is 0 Å². The van der Waals surface area contributed by atoms with Crippen LogP contribution < -0.4 is 0 Å². The molecular formula is C21H30O8. The van der Waals surface area contributed by atoms with E-state index >= 15 is 0 Å². The van der Waals surface area contributed by atoms with Crippen molar-refractivity contribution in [2.24, 2.45) is 5.92 Å². The zero-order chi connectivity index (χ0) is 21.1. The van der Waals surface area contributed by atoms with E-state index in [4.69, 9.17) is 14.2 Å². The Morgan fingerprint density at radius 1 is 1.21 bits per heavy atom. The number of carbonyl (C=O) groups excluding carboxylic acids is 1. The zero-order valence-corrected chi connectivity index (χ0v) is 16.6. The van der Waals surface area contributed by atoms with Crippen LogP contribution in [0.1, 0.15) is 32.6 Å². The lowest BCUT2D eigenvalue weighted by Gasteiger charge is -2.39. The maximum absolute atomic E-state index is 12.0. The van der Waals surface area contributed by atoms with E-state index < -0.39 is 43.4 Å². The number of rotatable bonds is 4. The highest BCUT2D eigenvalue weighted by Gasteiger charge is 2.44. The van der Waals surface area contributed by atoms with Gasteiger partial charge >= 0.3 is 5.97 Å². The summed E-state index contributed by atoms with van der Waals surface area (Å²) in [5, 5.41) is 39.2. The maximum atomic E-state index is 12.0. The molecule has 4 N–H and O–H groups in total. The van der Waals surface area contributed by atoms with Crippen molar-refractivity contribution < 1.29 is 39.4 Å². The molecule has 0 amide bonds. The second-order valence-corrected chi connectivity index (χ2v) is 7.96. The third-order valence-electron chi connectivity index (χ3n) is 5.84. The number of aliphatic hydroxyl groups excluding tert-OH is 4. The number of allylic oxidation sites excluding steroid dienone is 2. The molecule has 0 radical (unpaired) electrons. The summed E-state index contributed by atoms with van der Waals surface area (Å²) in [7, 11) is 0. The molecule has 8 nitrogen and oxygen atoms in total. The monoisotopic (exact) mass is 410 g/mol. The fraction of sp³-hybridized carbons (Fsp3) is 0.667. The average Bonchev–Trinajstić information content (AvgIpc) is 2.96. The molecule has 2 saturated heterocycles. The molecule has 0 aromatic carbocycles. The Morgan fingerprint density at radius 2 is 1.97 bits per heavy atom. The Balaban J connectivity index is 1.72. The summed E-state index contributed by atoms with van der Waals surface area (Å²) in [6.45, 7) is 5.51. The fourth-order valence-corrected chi connectivity index (χ4v) is 3.94. The number of hydrogen-bond acceptors (Lipinski definition) is 8. The van der Waals surface area contributed by atoms with Crippen LogP contribution in [0.2, 0.25) is 0 Å². The van der Waals surface area contributed by atoms with Crippen LogP contribution in [0.3, 0.4) is 0 Å². The van der Waals surface area contributed by atoms with Gasteiger partial charge < -0.3 is 34.6 Å². The minimum atomic E-state index is -1.49. The van der Waals surface area contributed by atoms with Crippen molar-refractivity contribution in [3.05, 3.63) is 35.5 Å². The molecule has 0 bridgehead atoms. The Morgan fingerprint density at radius 3 is 2.69 bits per heavy atom. The van der Waals surface area contributed by atoms with E-state index in [1.165, 1.54) is 5.57 Å². The number of esters is 1. The molecular weight excluding hydrogens is 380 g/mol. The zero-order valence-electron chi connectivity index (χ0n) is 16.6. The van der Waals surface area contributed by atoms with Gasteiger partial charge in [-0.1, -0.05) is 18.2 Å². The molecule has 0 unspecified atom stereocenters. The van der Waals surface area contributed by atoms with Crippen LogP contribution in [0.5, 0.6) is 0 Å². The van der Waals surface area contributed by atoms with Crippen molar-refractivity contribution in [2.45, 2.75) is 69.4 Å². The van der Waals surface area contributed by atoms with Gasteiger partial charge in [-0.25, -0.2) is 4.79 Å². The molecule has 0 aromatic heterocycles. The van der Waals surface area contributed by atoms with Gasteiger partial charge in [0, 0.05) is 11.5 Å². The minimum Gasteiger partial charge on any atom is -0.454 e. The molecule has 0 saturated carbocycles. The molecule has 1 aliphatic carbocycles. The molecule has 2 heterocycles. The van der Waals surface area contributed by atoms with Crippen LogP contribution in [-0.4, -0.2) is 76.4 Å². The topological polar surface area (TPSA) is 126 Å². The summed E-state index contributed by atoms with van der Waals surface area (Å²) in [5.41, 5.74) is 2.59. The van der Waals surface area contributed by atoms with E-state index in [1.54, 1.807) is 0 Å². The van der Waals surface area contributed by atoms with E-state index in [9.17, 15) is 25.2 Å². The number of aliphatic hydroxyl groups is 4. The first-order valence-corrected chi connectivity index (χ1v) is 9.99. The van der Waals surface area contributed by atoms with Crippen molar-refractivity contribution in [2.75, 3.05) is 13.2 Å². The Labute approximate surface area is 170 Å². The maximum Gasteiger partial charge on any atom is 0.334 e. The van der Waals surface area contributed by atoms with Crippen molar-refractivity contribution in [1.82, 2.24) is 0 Å². The quantitative estimate of drug-likeness (QED) is 0.297. The molecule has 2 aliphatic heterocycles. The highest BCUT2D eigenvalue weighted by atomic mass is 16.7. The van der Waals surface area contributed by atoms with E-state index in [2.05, 4.69) is 19.6 Å². The second kappa shape index (κ2) is 9.51. The lowest BCUT2D eigenvalue weighted by Crippen LogP contribution is -2.59. The lowest BCUT2D eigenvalue weighted by molar-refractivity contribution is -0.299. The summed E-state index contributed by atoms with van der Waals surface area (Å²) < 4.78 is 16.5. The van der Waals surface area contributed by atoms with Crippen LogP contribution in [0.4, 0.5) is 0 Å². The molecule has 162 valence electrons. The lowest BCUT2D eigenvalue weighted by atomic mass is 9.88. The van der Waals surface area contributed by atoms with Gasteiger partial charge in [-0.3, -0.25) is 0 Å². The van der Waals surface area contributed by atoms with Crippen molar-refractivity contribution >= 4 is 5.97 Å². The summed E-state index contributed by atoms with van der Waals surface area (Å²) in [6, 6.07) is 0. The largest absolute Gasteiger partial charge is 0.454 e. The predicted octanol–water partition coefficient (Wildman–Crippen LogP) is 0.347. The van der Waals surface area contributed by atoms with E-state index in [0.29, 0.717) is 12.0 Å². The molecule has 3 rings (SSSR count). The number of carbonyl (C=O) groups is 1. The summed E-state index contributed by atoms with van der Waals surface area (Å²) in [4.78, 5) is 12.0. The molecule has 0 aromatic rings. The first-order chi connectivity index (χ1) is 13.8. The van der Waals surface area contributed by atoms with Gasteiger partial charge in [0.1, 0.15) is 30.5 Å². The average molecular weight is 410 g/mol. The first kappa shape index (κ1) is 22.1. The Kier molecular flexibility index (Phi) is 7.26. The normalized spacial score (nSPS) is 42.3. The van der Waals surface area contributed by atoms with E-state index in [0.717, 1.165) is 24.8 Å². The summed E-state index contributed by atoms with van der Waals surface area (Å²) in [6.07, 6.45) is 0.142. The minimum absolute atomic E-state index is 0.0861. The highest BCUT2D eigenvalue weighted by Crippen LogP contribution is 2.34. The van der Waals surface area contributed by atoms with Crippen LogP contribution >= 0.6 is 0 Å². The first-order valence-electron chi connectivity index (χ1n) is 9.99. The van der Waals surface area contributed by atoms with Gasteiger partial charge in [0.05, 0.1) is 13.2 Å². The Hall–Kier alpha value is -1.55. The number of fused-ring (bicyclic) bond motifs is 1. The molecule has 0 spiro atoms. The van der Waals surface area contributed by atoms with Gasteiger partial charge in [-0.15, -0.1) is 0 Å². The van der Waals surface area contributed by atoms with Crippen molar-refractivity contribution in [3.8, 4) is 0 Å². The summed E-state index contributed by atoms with van der Waals surface area (Å²) >= 11 is 0. The van der Waals surface area contributed by atoms with Gasteiger partial charge in [-0.2, -0.15) is 0 Å². The van der Waals surface area contributed by atoms with Crippen molar-refractivity contribution in [1.29, 1.82) is 0 Å². The third kappa shape index (κ3) is 4.96. The van der Waals surface area contributed by atoms with Crippen LogP contribution in [0.25, 0.3) is 0 Å².